The molecule has 0 radical (unpaired) electrons. The fourth-order valence-electron chi connectivity index (χ4n) is 3.14. The molecule has 2 aromatic heterocycles. The van der Waals surface area contributed by atoms with E-state index in [2.05, 4.69) is 37.3 Å². The molecule has 0 saturated carbocycles. The predicted molar refractivity (Wildman–Crippen MR) is 112 cm³/mol. The summed E-state index contributed by atoms with van der Waals surface area (Å²) in [6.07, 6.45) is 0. The first kappa shape index (κ1) is 17.4. The first-order chi connectivity index (χ1) is 13.1. The second kappa shape index (κ2) is 7.33. The van der Waals surface area contributed by atoms with Crippen molar-refractivity contribution >= 4 is 28.1 Å². The van der Waals surface area contributed by atoms with Crippen LogP contribution in [0.2, 0.25) is 0 Å². The molecule has 27 heavy (non-hydrogen) atoms. The van der Waals surface area contributed by atoms with Crippen LogP contribution in [-0.2, 0) is 6.54 Å². The Bertz CT molecular complexity index is 1090. The van der Waals surface area contributed by atoms with E-state index in [-0.39, 0.29) is 5.91 Å². The lowest BCUT2D eigenvalue weighted by atomic mass is 10.0. The Morgan fingerprint density at radius 1 is 1.04 bits per heavy atom. The number of fused-ring (bicyclic) bond motifs is 1. The van der Waals surface area contributed by atoms with Crippen molar-refractivity contribution < 1.29 is 4.79 Å². The Labute approximate surface area is 162 Å². The van der Waals surface area contributed by atoms with Gasteiger partial charge < -0.3 is 4.90 Å². The van der Waals surface area contributed by atoms with Crippen molar-refractivity contribution in [1.82, 2.24) is 9.88 Å². The lowest BCUT2D eigenvalue weighted by Crippen LogP contribution is -2.26. The molecule has 0 spiro atoms. The summed E-state index contributed by atoms with van der Waals surface area (Å²) in [5, 5.41) is 2.92. The minimum atomic E-state index is 0.00959. The summed E-state index contributed by atoms with van der Waals surface area (Å²) in [5.74, 6) is 0.00959. The van der Waals surface area contributed by atoms with E-state index in [1.807, 2.05) is 48.8 Å². The number of rotatable bonds is 4. The van der Waals surface area contributed by atoms with E-state index in [4.69, 9.17) is 4.98 Å². The molecular weight excluding hydrogens is 352 g/mol. The second-order valence-corrected chi connectivity index (χ2v) is 7.71. The maximum absolute atomic E-state index is 13.2. The number of aryl methyl sites for hydroxylation is 1. The molecule has 0 fully saturated rings. The second-order valence-electron chi connectivity index (χ2n) is 6.68. The number of para-hydroxylation sites is 1. The summed E-state index contributed by atoms with van der Waals surface area (Å²) in [6.45, 7) is 2.67. The summed E-state index contributed by atoms with van der Waals surface area (Å²) in [5.41, 5.74) is 4.56. The molecule has 0 aliphatic rings. The molecule has 4 aromatic rings. The zero-order valence-electron chi connectivity index (χ0n) is 15.3. The van der Waals surface area contributed by atoms with Crippen LogP contribution < -0.4 is 0 Å². The smallest absolute Gasteiger partial charge is 0.254 e. The number of carbonyl (C=O) groups is 1. The summed E-state index contributed by atoms with van der Waals surface area (Å²) in [6, 6.07) is 22.0. The summed E-state index contributed by atoms with van der Waals surface area (Å²) >= 11 is 1.66. The van der Waals surface area contributed by atoms with Gasteiger partial charge in [0.05, 0.1) is 23.3 Å². The molecule has 3 nitrogen and oxygen atoms in total. The predicted octanol–water partition coefficient (Wildman–Crippen LogP) is 5.54. The first-order valence-electron chi connectivity index (χ1n) is 8.86. The minimum Gasteiger partial charge on any atom is -0.337 e. The fraction of sp³-hybridized carbons (Fsp3) is 0.130. The highest BCUT2D eigenvalue weighted by Crippen LogP contribution is 2.26. The lowest BCUT2D eigenvalue weighted by molar-refractivity contribution is 0.0788. The van der Waals surface area contributed by atoms with Gasteiger partial charge in [0.1, 0.15) is 0 Å². The van der Waals surface area contributed by atoms with E-state index in [0.29, 0.717) is 12.1 Å². The third kappa shape index (κ3) is 3.62. The highest BCUT2D eigenvalue weighted by molar-refractivity contribution is 7.09. The van der Waals surface area contributed by atoms with Gasteiger partial charge in [0.15, 0.2) is 0 Å². The zero-order valence-corrected chi connectivity index (χ0v) is 16.2. The Kier molecular flexibility index (Phi) is 4.73. The van der Waals surface area contributed by atoms with Crippen LogP contribution in [-0.4, -0.2) is 22.8 Å². The number of hydrogen-bond donors (Lipinski definition) is 0. The van der Waals surface area contributed by atoms with Crippen LogP contribution in [0.3, 0.4) is 0 Å². The number of carbonyl (C=O) groups excluding carboxylic acids is 1. The van der Waals surface area contributed by atoms with Gasteiger partial charge in [0.25, 0.3) is 5.91 Å². The normalized spacial score (nSPS) is 10.9. The lowest BCUT2D eigenvalue weighted by Gasteiger charge is -2.18. The Balaban J connectivity index is 1.78. The number of pyridine rings is 1. The van der Waals surface area contributed by atoms with Crippen LogP contribution >= 0.6 is 11.3 Å². The van der Waals surface area contributed by atoms with E-state index in [9.17, 15) is 4.79 Å². The maximum Gasteiger partial charge on any atom is 0.254 e. The molecule has 0 N–H and O–H groups in total. The van der Waals surface area contributed by atoms with Crippen molar-refractivity contribution in [2.45, 2.75) is 13.5 Å². The number of thiophene rings is 1. The Morgan fingerprint density at radius 3 is 2.56 bits per heavy atom. The van der Waals surface area contributed by atoms with Crippen LogP contribution in [0, 0.1) is 6.92 Å². The van der Waals surface area contributed by atoms with E-state index in [0.717, 1.165) is 22.2 Å². The molecule has 2 aromatic carbocycles. The van der Waals surface area contributed by atoms with Crippen molar-refractivity contribution in [3.8, 4) is 11.3 Å². The molecule has 0 aliphatic heterocycles. The number of nitrogens with zero attached hydrogens (tertiary/aromatic N) is 2. The van der Waals surface area contributed by atoms with Gasteiger partial charge in [-0.1, -0.05) is 54.1 Å². The van der Waals surface area contributed by atoms with Crippen LogP contribution in [0.15, 0.2) is 72.1 Å². The quantitative estimate of drug-likeness (QED) is 0.471. The monoisotopic (exact) mass is 372 g/mol. The van der Waals surface area contributed by atoms with Gasteiger partial charge in [-0.15, -0.1) is 11.3 Å². The molecule has 4 rings (SSSR count). The van der Waals surface area contributed by atoms with Crippen LogP contribution in [0.5, 0.6) is 0 Å². The average molecular weight is 372 g/mol. The van der Waals surface area contributed by atoms with Crippen LogP contribution in [0.1, 0.15) is 20.8 Å². The Morgan fingerprint density at radius 2 is 1.81 bits per heavy atom. The van der Waals surface area contributed by atoms with Crippen molar-refractivity contribution in [2.75, 3.05) is 7.05 Å². The van der Waals surface area contributed by atoms with Gasteiger partial charge in [-0.3, -0.25) is 4.79 Å². The molecule has 4 heteroatoms. The van der Waals surface area contributed by atoms with Crippen LogP contribution in [0.4, 0.5) is 0 Å². The molecular formula is C23H20N2OS. The third-order valence-electron chi connectivity index (χ3n) is 4.61. The molecule has 0 unspecified atom stereocenters. The maximum atomic E-state index is 13.2. The van der Waals surface area contributed by atoms with Gasteiger partial charge in [-0.2, -0.15) is 0 Å². The van der Waals surface area contributed by atoms with E-state index < -0.39 is 0 Å². The van der Waals surface area contributed by atoms with Gasteiger partial charge in [0.2, 0.25) is 0 Å². The average Bonchev–Trinajstić information content (AvgIpc) is 3.20. The molecule has 1 amide bonds. The molecule has 134 valence electrons. The SMILES string of the molecule is Cc1ccc(-c2cc(C(=O)N(C)Cc3cccs3)c3ccccc3n2)cc1. The standard InChI is InChI=1S/C23H20N2OS/c1-16-9-11-17(12-10-16)22-14-20(19-7-3-4-8-21(19)24-22)23(26)25(2)15-18-6-5-13-27-18/h3-14H,15H2,1-2H3. The van der Waals surface area contributed by atoms with Gasteiger partial charge in [-0.25, -0.2) is 4.98 Å². The fourth-order valence-corrected chi connectivity index (χ4v) is 3.90. The molecule has 2 heterocycles. The highest BCUT2D eigenvalue weighted by atomic mass is 32.1. The number of benzene rings is 2. The van der Waals surface area contributed by atoms with E-state index >= 15 is 0 Å². The van der Waals surface area contributed by atoms with Gasteiger partial charge >= 0.3 is 0 Å². The van der Waals surface area contributed by atoms with Gasteiger partial charge in [0, 0.05) is 22.9 Å². The van der Waals surface area contributed by atoms with E-state index in [1.54, 1.807) is 16.2 Å². The molecule has 0 atom stereocenters. The van der Waals surface area contributed by atoms with Crippen molar-refractivity contribution in [3.05, 3.63) is 88.1 Å². The van der Waals surface area contributed by atoms with Crippen molar-refractivity contribution in [1.29, 1.82) is 0 Å². The number of hydrogen-bond acceptors (Lipinski definition) is 3. The van der Waals surface area contributed by atoms with Crippen molar-refractivity contribution in [3.63, 3.8) is 0 Å². The number of amides is 1. The number of aromatic nitrogens is 1. The third-order valence-corrected chi connectivity index (χ3v) is 5.47. The first-order valence-corrected chi connectivity index (χ1v) is 9.74. The highest BCUT2D eigenvalue weighted by Gasteiger charge is 2.18. The zero-order chi connectivity index (χ0) is 18.8. The van der Waals surface area contributed by atoms with Gasteiger partial charge in [-0.05, 0) is 30.5 Å². The summed E-state index contributed by atoms with van der Waals surface area (Å²) in [4.78, 5) is 20.9. The van der Waals surface area contributed by atoms with Crippen LogP contribution in [0.25, 0.3) is 22.2 Å². The topological polar surface area (TPSA) is 33.2 Å². The largest absolute Gasteiger partial charge is 0.337 e. The minimum absolute atomic E-state index is 0.00959. The summed E-state index contributed by atoms with van der Waals surface area (Å²) < 4.78 is 0. The van der Waals surface area contributed by atoms with Crippen molar-refractivity contribution in [2.24, 2.45) is 0 Å². The summed E-state index contributed by atoms with van der Waals surface area (Å²) in [7, 11) is 1.85. The van der Waals surface area contributed by atoms with E-state index in [1.165, 1.54) is 10.4 Å². The molecule has 0 bridgehead atoms. The molecule has 0 aliphatic carbocycles. The Hall–Kier alpha value is -2.98. The molecule has 0 saturated heterocycles.